The molecule has 1 aliphatic heterocycles. The first-order chi connectivity index (χ1) is 9.72. The highest BCUT2D eigenvalue weighted by Gasteiger charge is 2.20. The van der Waals surface area contributed by atoms with Gasteiger partial charge in [-0.05, 0) is 50.6 Å². The Hall–Kier alpha value is -1.13. The van der Waals surface area contributed by atoms with Crippen molar-refractivity contribution in [3.05, 3.63) is 29.6 Å². The molecule has 0 radical (unpaired) electrons. The van der Waals surface area contributed by atoms with Gasteiger partial charge in [0, 0.05) is 32.2 Å². The molecule has 0 spiro atoms. The zero-order chi connectivity index (χ0) is 13.9. The van der Waals surface area contributed by atoms with E-state index >= 15 is 0 Å². The maximum Gasteiger partial charge on any atom is 0.146 e. The number of nitrogens with one attached hydrogen (secondary N) is 1. The third kappa shape index (κ3) is 3.49. The van der Waals surface area contributed by atoms with Crippen molar-refractivity contribution in [3.8, 4) is 0 Å². The topological polar surface area (TPSA) is 18.5 Å². The summed E-state index contributed by atoms with van der Waals surface area (Å²) in [5, 5.41) is 3.43. The van der Waals surface area contributed by atoms with Crippen LogP contribution in [-0.4, -0.2) is 44.2 Å². The van der Waals surface area contributed by atoms with E-state index < -0.39 is 0 Å². The van der Waals surface area contributed by atoms with Crippen molar-refractivity contribution in [1.29, 1.82) is 0 Å². The van der Waals surface area contributed by atoms with Crippen LogP contribution in [0.1, 0.15) is 24.8 Å². The zero-order valence-electron chi connectivity index (χ0n) is 12.2. The Balaban J connectivity index is 1.66. The third-order valence-electron chi connectivity index (χ3n) is 4.24. The summed E-state index contributed by atoms with van der Waals surface area (Å²) in [6.07, 6.45) is 3.63. The van der Waals surface area contributed by atoms with E-state index in [0.717, 1.165) is 50.4 Å². The Morgan fingerprint density at radius 1 is 1.20 bits per heavy atom. The van der Waals surface area contributed by atoms with Crippen LogP contribution in [0, 0.1) is 5.82 Å². The number of likely N-dealkylation sites (N-methyl/N-ethyl adjacent to an activating group) is 1. The van der Waals surface area contributed by atoms with Crippen LogP contribution in [0.15, 0.2) is 18.2 Å². The number of halogens is 1. The minimum atomic E-state index is -0.0790. The summed E-state index contributed by atoms with van der Waals surface area (Å²) in [7, 11) is 2.13. The van der Waals surface area contributed by atoms with E-state index in [2.05, 4.69) is 28.2 Å². The predicted octanol–water partition coefficient (Wildman–Crippen LogP) is 2.22. The summed E-state index contributed by atoms with van der Waals surface area (Å²) in [4.78, 5) is 4.49. The molecular formula is C16H24FN3. The number of rotatable bonds is 4. The number of benzene rings is 1. The molecule has 1 aliphatic carbocycles. The quantitative estimate of drug-likeness (QED) is 0.910. The molecule has 0 aromatic heterocycles. The van der Waals surface area contributed by atoms with Gasteiger partial charge in [-0.15, -0.1) is 0 Å². The molecule has 1 aromatic rings. The molecule has 0 atom stereocenters. The molecule has 110 valence electrons. The third-order valence-corrected chi connectivity index (χ3v) is 4.24. The number of hydrogen-bond acceptors (Lipinski definition) is 3. The molecule has 1 saturated heterocycles. The Kier molecular flexibility index (Phi) is 4.22. The molecule has 1 N–H and O–H groups in total. The summed E-state index contributed by atoms with van der Waals surface area (Å²) in [6, 6.07) is 6.37. The van der Waals surface area contributed by atoms with Crippen LogP contribution in [0.5, 0.6) is 0 Å². The van der Waals surface area contributed by atoms with Crippen LogP contribution in [0.25, 0.3) is 0 Å². The van der Waals surface area contributed by atoms with Crippen LogP contribution < -0.4 is 10.2 Å². The first-order valence-corrected chi connectivity index (χ1v) is 7.68. The van der Waals surface area contributed by atoms with Crippen molar-refractivity contribution in [1.82, 2.24) is 10.2 Å². The van der Waals surface area contributed by atoms with Gasteiger partial charge < -0.3 is 15.1 Å². The lowest BCUT2D eigenvalue weighted by Gasteiger charge is -2.23. The zero-order valence-corrected chi connectivity index (χ0v) is 12.2. The molecule has 0 unspecified atom stereocenters. The Morgan fingerprint density at radius 2 is 2.05 bits per heavy atom. The van der Waals surface area contributed by atoms with Gasteiger partial charge in [0.1, 0.15) is 5.82 Å². The van der Waals surface area contributed by atoms with Gasteiger partial charge in [0.2, 0.25) is 0 Å². The van der Waals surface area contributed by atoms with Gasteiger partial charge in [0.25, 0.3) is 0 Å². The van der Waals surface area contributed by atoms with Crippen LogP contribution in [0.3, 0.4) is 0 Å². The highest BCUT2D eigenvalue weighted by molar-refractivity contribution is 5.49. The minimum Gasteiger partial charge on any atom is -0.368 e. The number of hydrogen-bond donors (Lipinski definition) is 1. The molecule has 2 fully saturated rings. The van der Waals surface area contributed by atoms with Crippen molar-refractivity contribution >= 4 is 5.69 Å². The monoisotopic (exact) mass is 277 g/mol. The van der Waals surface area contributed by atoms with Gasteiger partial charge in [-0.3, -0.25) is 0 Å². The molecule has 0 amide bonds. The van der Waals surface area contributed by atoms with Crippen molar-refractivity contribution in [2.45, 2.75) is 31.8 Å². The number of anilines is 1. The highest BCUT2D eigenvalue weighted by Crippen LogP contribution is 2.23. The van der Waals surface area contributed by atoms with E-state index in [0.29, 0.717) is 6.04 Å². The van der Waals surface area contributed by atoms with Gasteiger partial charge in [0.05, 0.1) is 5.69 Å². The van der Waals surface area contributed by atoms with E-state index in [1.165, 1.54) is 12.8 Å². The van der Waals surface area contributed by atoms with Gasteiger partial charge in [-0.25, -0.2) is 4.39 Å². The summed E-state index contributed by atoms with van der Waals surface area (Å²) >= 11 is 0. The average Bonchev–Trinajstić information content (AvgIpc) is 3.25. The lowest BCUT2D eigenvalue weighted by atomic mass is 10.1. The summed E-state index contributed by atoms with van der Waals surface area (Å²) in [5.74, 6) is -0.0790. The first kappa shape index (κ1) is 13.8. The second kappa shape index (κ2) is 6.10. The lowest BCUT2D eigenvalue weighted by molar-refractivity contribution is 0.360. The highest BCUT2D eigenvalue weighted by atomic mass is 19.1. The average molecular weight is 277 g/mol. The minimum absolute atomic E-state index is 0.0790. The molecule has 3 rings (SSSR count). The van der Waals surface area contributed by atoms with Gasteiger partial charge >= 0.3 is 0 Å². The summed E-state index contributed by atoms with van der Waals surface area (Å²) in [6.45, 7) is 4.74. The molecule has 4 heteroatoms. The molecule has 1 saturated carbocycles. The predicted molar refractivity (Wildman–Crippen MR) is 80.6 cm³/mol. The van der Waals surface area contributed by atoms with E-state index in [1.807, 2.05) is 6.07 Å². The normalized spacial score (nSPS) is 21.0. The summed E-state index contributed by atoms with van der Waals surface area (Å²) < 4.78 is 14.3. The van der Waals surface area contributed by atoms with Crippen LogP contribution >= 0.6 is 0 Å². The molecule has 3 nitrogen and oxygen atoms in total. The van der Waals surface area contributed by atoms with Crippen LogP contribution in [0.4, 0.5) is 10.1 Å². The Labute approximate surface area is 120 Å². The van der Waals surface area contributed by atoms with Gasteiger partial charge in [0.15, 0.2) is 0 Å². The molecule has 1 aromatic carbocycles. The Bertz CT molecular complexity index is 459. The van der Waals surface area contributed by atoms with E-state index in [4.69, 9.17) is 0 Å². The van der Waals surface area contributed by atoms with Crippen LogP contribution in [-0.2, 0) is 6.54 Å². The van der Waals surface area contributed by atoms with Crippen molar-refractivity contribution < 1.29 is 4.39 Å². The Morgan fingerprint density at radius 3 is 2.80 bits per heavy atom. The van der Waals surface area contributed by atoms with E-state index in [1.54, 1.807) is 6.07 Å². The lowest BCUT2D eigenvalue weighted by Crippen LogP contribution is -2.29. The molecule has 1 heterocycles. The van der Waals surface area contributed by atoms with Crippen molar-refractivity contribution in [3.63, 3.8) is 0 Å². The molecular weight excluding hydrogens is 253 g/mol. The fraction of sp³-hybridized carbons (Fsp3) is 0.625. The standard InChI is InChI=1S/C16H24FN3/c1-19-7-2-8-20(10-9-19)16-6-3-13(11-15(16)17)12-18-14-4-5-14/h3,6,11,14,18H,2,4-5,7-10,12H2,1H3. The maximum atomic E-state index is 14.3. The second-order valence-electron chi connectivity index (χ2n) is 6.08. The van der Waals surface area contributed by atoms with Crippen molar-refractivity contribution in [2.24, 2.45) is 0 Å². The molecule has 2 aliphatic rings. The largest absolute Gasteiger partial charge is 0.368 e. The maximum absolute atomic E-state index is 14.3. The smallest absolute Gasteiger partial charge is 0.146 e. The first-order valence-electron chi connectivity index (χ1n) is 7.68. The van der Waals surface area contributed by atoms with E-state index in [9.17, 15) is 4.39 Å². The second-order valence-corrected chi connectivity index (χ2v) is 6.08. The van der Waals surface area contributed by atoms with Gasteiger partial charge in [-0.2, -0.15) is 0 Å². The van der Waals surface area contributed by atoms with Crippen LogP contribution in [0.2, 0.25) is 0 Å². The molecule has 0 bridgehead atoms. The van der Waals surface area contributed by atoms with E-state index in [-0.39, 0.29) is 5.82 Å². The summed E-state index contributed by atoms with van der Waals surface area (Å²) in [5.41, 5.74) is 1.81. The SMILES string of the molecule is CN1CCCN(c2ccc(CNC3CC3)cc2F)CC1. The molecule has 20 heavy (non-hydrogen) atoms. The fourth-order valence-corrected chi connectivity index (χ4v) is 2.75. The van der Waals surface area contributed by atoms with Crippen molar-refractivity contribution in [2.75, 3.05) is 38.1 Å². The number of nitrogens with zero attached hydrogens (tertiary/aromatic N) is 2. The fourth-order valence-electron chi connectivity index (χ4n) is 2.75. The van der Waals surface area contributed by atoms with Gasteiger partial charge in [-0.1, -0.05) is 6.07 Å².